The number of aryl methyl sites for hydroxylation is 1. The van der Waals surface area contributed by atoms with Crippen LogP contribution in [0.4, 0.5) is 5.82 Å². The van der Waals surface area contributed by atoms with E-state index in [2.05, 4.69) is 10.3 Å². The van der Waals surface area contributed by atoms with E-state index >= 15 is 0 Å². The Balaban J connectivity index is 2.09. The van der Waals surface area contributed by atoms with Gasteiger partial charge in [-0.15, -0.1) is 0 Å². The summed E-state index contributed by atoms with van der Waals surface area (Å²) in [6, 6.07) is 11.0. The topological polar surface area (TPSA) is 71.5 Å². The highest BCUT2D eigenvalue weighted by Crippen LogP contribution is 2.19. The second kappa shape index (κ2) is 7.74. The highest BCUT2D eigenvalue weighted by molar-refractivity contribution is 5.94. The zero-order chi connectivity index (χ0) is 16.8. The van der Waals surface area contributed by atoms with Gasteiger partial charge in [0, 0.05) is 12.7 Å². The monoisotopic (exact) mass is 314 g/mol. The first-order valence-electron chi connectivity index (χ1n) is 7.62. The minimum absolute atomic E-state index is 0.201. The van der Waals surface area contributed by atoms with Crippen molar-refractivity contribution in [3.8, 4) is 0 Å². The molecule has 2 N–H and O–H groups in total. The molecular formula is C18H22N2O3. The Hall–Kier alpha value is -2.40. The van der Waals surface area contributed by atoms with Gasteiger partial charge in [-0.3, -0.25) is 0 Å². The first-order valence-corrected chi connectivity index (χ1v) is 7.62. The second-order valence-corrected chi connectivity index (χ2v) is 5.61. The summed E-state index contributed by atoms with van der Waals surface area (Å²) in [6.45, 7) is 5.79. The van der Waals surface area contributed by atoms with Gasteiger partial charge in [0.25, 0.3) is 0 Å². The van der Waals surface area contributed by atoms with E-state index in [-0.39, 0.29) is 12.6 Å². The SMILES string of the molecule is Cc1ccccc1C(O)CNc1ncccc1C(=O)OC(C)C. The van der Waals surface area contributed by atoms with Gasteiger partial charge in [0.1, 0.15) is 11.4 Å². The Morgan fingerprint density at radius 1 is 1.26 bits per heavy atom. The largest absolute Gasteiger partial charge is 0.459 e. The number of anilines is 1. The lowest BCUT2D eigenvalue weighted by Crippen LogP contribution is -2.18. The number of carbonyl (C=O) groups excluding carboxylic acids is 1. The Morgan fingerprint density at radius 2 is 2.00 bits per heavy atom. The van der Waals surface area contributed by atoms with Gasteiger partial charge in [-0.25, -0.2) is 9.78 Å². The molecule has 1 heterocycles. The van der Waals surface area contributed by atoms with Crippen LogP contribution < -0.4 is 5.32 Å². The molecule has 5 nitrogen and oxygen atoms in total. The molecule has 2 rings (SSSR count). The number of aromatic nitrogens is 1. The van der Waals surface area contributed by atoms with Crippen molar-refractivity contribution >= 4 is 11.8 Å². The van der Waals surface area contributed by atoms with Crippen LogP contribution >= 0.6 is 0 Å². The van der Waals surface area contributed by atoms with E-state index in [0.29, 0.717) is 11.4 Å². The van der Waals surface area contributed by atoms with Crippen molar-refractivity contribution in [2.75, 3.05) is 11.9 Å². The Bertz CT molecular complexity index is 671. The quantitative estimate of drug-likeness (QED) is 0.802. The maximum Gasteiger partial charge on any atom is 0.342 e. The molecule has 0 amide bonds. The number of nitrogens with zero attached hydrogens (tertiary/aromatic N) is 1. The van der Waals surface area contributed by atoms with Crippen LogP contribution in [-0.4, -0.2) is 28.7 Å². The first kappa shape index (κ1) is 17.0. The minimum Gasteiger partial charge on any atom is -0.459 e. The molecule has 0 aliphatic rings. The third-order valence-corrected chi connectivity index (χ3v) is 3.38. The minimum atomic E-state index is -0.688. The molecule has 1 aromatic heterocycles. The van der Waals surface area contributed by atoms with Crippen LogP contribution in [-0.2, 0) is 4.74 Å². The van der Waals surface area contributed by atoms with Gasteiger partial charge in [0.05, 0.1) is 12.2 Å². The highest BCUT2D eigenvalue weighted by atomic mass is 16.5. The standard InChI is InChI=1S/C18H22N2O3/c1-12(2)23-18(22)15-9-6-10-19-17(15)20-11-16(21)14-8-5-4-7-13(14)3/h4-10,12,16,21H,11H2,1-3H3,(H,19,20). The van der Waals surface area contributed by atoms with Crippen LogP contribution in [0.15, 0.2) is 42.6 Å². The number of carbonyl (C=O) groups is 1. The fraction of sp³-hybridized carbons (Fsp3) is 0.333. The number of nitrogens with one attached hydrogen (secondary N) is 1. The van der Waals surface area contributed by atoms with E-state index < -0.39 is 12.1 Å². The van der Waals surface area contributed by atoms with E-state index in [0.717, 1.165) is 11.1 Å². The lowest BCUT2D eigenvalue weighted by atomic mass is 10.0. The zero-order valence-corrected chi connectivity index (χ0v) is 13.6. The van der Waals surface area contributed by atoms with Crippen LogP contribution in [0.1, 0.15) is 41.4 Å². The molecule has 0 saturated heterocycles. The van der Waals surface area contributed by atoms with Crippen molar-refractivity contribution in [2.24, 2.45) is 0 Å². The molecule has 0 fully saturated rings. The van der Waals surface area contributed by atoms with Gasteiger partial charge in [-0.2, -0.15) is 0 Å². The molecule has 23 heavy (non-hydrogen) atoms. The van der Waals surface area contributed by atoms with E-state index in [9.17, 15) is 9.90 Å². The molecule has 2 aromatic rings. The van der Waals surface area contributed by atoms with Crippen LogP contribution in [0.25, 0.3) is 0 Å². The van der Waals surface area contributed by atoms with Crippen molar-refractivity contribution < 1.29 is 14.6 Å². The third-order valence-electron chi connectivity index (χ3n) is 3.38. The molecule has 122 valence electrons. The normalized spacial score (nSPS) is 12.0. The van der Waals surface area contributed by atoms with E-state index in [4.69, 9.17) is 4.74 Å². The lowest BCUT2D eigenvalue weighted by molar-refractivity contribution is 0.0378. The van der Waals surface area contributed by atoms with E-state index in [1.165, 1.54) is 0 Å². The smallest absolute Gasteiger partial charge is 0.342 e. The number of ether oxygens (including phenoxy) is 1. The second-order valence-electron chi connectivity index (χ2n) is 5.61. The number of aliphatic hydroxyl groups is 1. The molecule has 0 saturated carbocycles. The molecule has 0 aliphatic carbocycles. The molecule has 0 bridgehead atoms. The molecule has 0 spiro atoms. The van der Waals surface area contributed by atoms with Gasteiger partial charge in [0.15, 0.2) is 0 Å². The van der Waals surface area contributed by atoms with Crippen LogP contribution in [0, 0.1) is 6.92 Å². The summed E-state index contributed by atoms with van der Waals surface area (Å²) in [7, 11) is 0. The Labute approximate surface area is 136 Å². The predicted molar refractivity (Wildman–Crippen MR) is 89.4 cm³/mol. The average molecular weight is 314 g/mol. The summed E-state index contributed by atoms with van der Waals surface area (Å²) in [5.41, 5.74) is 2.22. The fourth-order valence-corrected chi connectivity index (χ4v) is 2.25. The van der Waals surface area contributed by atoms with Gasteiger partial charge in [0.2, 0.25) is 0 Å². The molecule has 1 aromatic carbocycles. The number of rotatable bonds is 6. The zero-order valence-electron chi connectivity index (χ0n) is 13.6. The summed E-state index contributed by atoms with van der Waals surface area (Å²) in [6.07, 6.45) is 0.703. The van der Waals surface area contributed by atoms with Crippen molar-refractivity contribution in [3.63, 3.8) is 0 Å². The van der Waals surface area contributed by atoms with Gasteiger partial charge >= 0.3 is 5.97 Å². The third kappa shape index (κ3) is 4.53. The predicted octanol–water partition coefficient (Wildman–Crippen LogP) is 3.10. The highest BCUT2D eigenvalue weighted by Gasteiger charge is 2.16. The molecule has 0 aliphatic heterocycles. The molecule has 0 radical (unpaired) electrons. The van der Waals surface area contributed by atoms with Crippen molar-refractivity contribution in [2.45, 2.75) is 33.0 Å². The summed E-state index contributed by atoms with van der Waals surface area (Å²) < 4.78 is 5.21. The molecule has 1 unspecified atom stereocenters. The fourth-order valence-electron chi connectivity index (χ4n) is 2.25. The summed E-state index contributed by atoms with van der Waals surface area (Å²) >= 11 is 0. The summed E-state index contributed by atoms with van der Waals surface area (Å²) in [5.74, 6) is -0.0215. The van der Waals surface area contributed by atoms with Crippen molar-refractivity contribution in [3.05, 3.63) is 59.3 Å². The average Bonchev–Trinajstić information content (AvgIpc) is 2.52. The summed E-state index contributed by atoms with van der Waals surface area (Å²) in [4.78, 5) is 16.3. The molecular weight excluding hydrogens is 292 g/mol. The Kier molecular flexibility index (Phi) is 5.71. The van der Waals surface area contributed by atoms with Crippen molar-refractivity contribution in [1.82, 2.24) is 4.98 Å². The van der Waals surface area contributed by atoms with E-state index in [1.807, 2.05) is 31.2 Å². The number of hydrogen-bond acceptors (Lipinski definition) is 5. The van der Waals surface area contributed by atoms with Crippen LogP contribution in [0.5, 0.6) is 0 Å². The number of pyridine rings is 1. The molecule has 1 atom stereocenters. The maximum atomic E-state index is 12.1. The first-order chi connectivity index (χ1) is 11.0. The maximum absolute atomic E-state index is 12.1. The number of hydrogen-bond donors (Lipinski definition) is 2. The Morgan fingerprint density at radius 3 is 2.70 bits per heavy atom. The molecule has 5 heteroatoms. The van der Waals surface area contributed by atoms with Gasteiger partial charge < -0.3 is 15.2 Å². The van der Waals surface area contributed by atoms with Crippen molar-refractivity contribution in [1.29, 1.82) is 0 Å². The van der Waals surface area contributed by atoms with Crippen LogP contribution in [0.3, 0.4) is 0 Å². The van der Waals surface area contributed by atoms with Crippen LogP contribution in [0.2, 0.25) is 0 Å². The van der Waals surface area contributed by atoms with E-state index in [1.54, 1.807) is 32.2 Å². The van der Waals surface area contributed by atoms with Gasteiger partial charge in [-0.1, -0.05) is 24.3 Å². The summed E-state index contributed by atoms with van der Waals surface area (Å²) in [5, 5.41) is 13.4. The number of esters is 1. The number of aliphatic hydroxyl groups excluding tert-OH is 1. The number of benzene rings is 1. The van der Waals surface area contributed by atoms with Gasteiger partial charge in [-0.05, 0) is 44.0 Å². The lowest BCUT2D eigenvalue weighted by Gasteiger charge is -2.16.